The van der Waals surface area contributed by atoms with Crippen molar-refractivity contribution < 1.29 is 4.79 Å². The van der Waals surface area contributed by atoms with Gasteiger partial charge in [0.25, 0.3) is 5.91 Å². The van der Waals surface area contributed by atoms with Crippen molar-refractivity contribution in [2.45, 2.75) is 26.2 Å². The first-order chi connectivity index (χ1) is 12.1. The number of fused-ring (bicyclic) bond motifs is 1. The van der Waals surface area contributed by atoms with Crippen LogP contribution in [-0.2, 0) is 11.2 Å². The van der Waals surface area contributed by atoms with Crippen LogP contribution in [-0.4, -0.2) is 12.5 Å². The van der Waals surface area contributed by atoms with E-state index in [1.165, 1.54) is 11.1 Å². The van der Waals surface area contributed by atoms with Gasteiger partial charge in [-0.1, -0.05) is 44.2 Å². The summed E-state index contributed by atoms with van der Waals surface area (Å²) in [5, 5.41) is 12.2. The van der Waals surface area contributed by atoms with Gasteiger partial charge in [0.1, 0.15) is 11.6 Å². The number of hydrogen-bond acceptors (Lipinski definition) is 3. The smallest absolute Gasteiger partial charge is 0.267 e. The van der Waals surface area contributed by atoms with Gasteiger partial charge in [0.15, 0.2) is 0 Å². The van der Waals surface area contributed by atoms with E-state index in [4.69, 9.17) is 0 Å². The summed E-state index contributed by atoms with van der Waals surface area (Å²) in [6.07, 6.45) is 2.56. The maximum atomic E-state index is 12.4. The second kappa shape index (κ2) is 7.23. The fourth-order valence-electron chi connectivity index (χ4n) is 2.94. The lowest BCUT2D eigenvalue weighted by Crippen LogP contribution is -2.19. The standard InChI is InChI=1S/C21H21N3O/c1-15(2)16-7-9-19(10-8-16)23-21(25)18(13-22)14-24-12-11-17-5-3-4-6-20(17)24/h3-10,14-15H,11-12H2,1-2H3,(H,23,25)/b18-14-. The molecule has 1 aliphatic rings. The molecule has 25 heavy (non-hydrogen) atoms. The second-order valence-corrected chi connectivity index (χ2v) is 6.46. The van der Waals surface area contributed by atoms with E-state index in [0.717, 1.165) is 18.7 Å². The first-order valence-corrected chi connectivity index (χ1v) is 8.46. The van der Waals surface area contributed by atoms with Gasteiger partial charge in [0, 0.05) is 24.1 Å². The zero-order chi connectivity index (χ0) is 17.8. The minimum atomic E-state index is -0.385. The number of benzene rings is 2. The fourth-order valence-corrected chi connectivity index (χ4v) is 2.94. The molecule has 0 aliphatic carbocycles. The normalized spacial score (nSPS) is 13.5. The van der Waals surface area contributed by atoms with E-state index in [1.54, 1.807) is 6.20 Å². The van der Waals surface area contributed by atoms with Gasteiger partial charge in [0.2, 0.25) is 0 Å². The molecule has 0 saturated carbocycles. The molecule has 126 valence electrons. The number of amides is 1. The maximum Gasteiger partial charge on any atom is 0.267 e. The first kappa shape index (κ1) is 16.8. The molecule has 4 heteroatoms. The Labute approximate surface area is 148 Å². The molecule has 0 saturated heterocycles. The number of carbonyl (C=O) groups is 1. The first-order valence-electron chi connectivity index (χ1n) is 8.46. The van der Waals surface area contributed by atoms with Crippen LogP contribution in [0.1, 0.15) is 30.9 Å². The third kappa shape index (κ3) is 3.72. The zero-order valence-corrected chi connectivity index (χ0v) is 14.5. The van der Waals surface area contributed by atoms with Crippen LogP contribution in [0.5, 0.6) is 0 Å². The summed E-state index contributed by atoms with van der Waals surface area (Å²) in [4.78, 5) is 14.4. The summed E-state index contributed by atoms with van der Waals surface area (Å²) in [6, 6.07) is 17.8. The molecule has 1 heterocycles. The maximum absolute atomic E-state index is 12.4. The molecule has 1 N–H and O–H groups in total. The van der Waals surface area contributed by atoms with Crippen LogP contribution in [0, 0.1) is 11.3 Å². The van der Waals surface area contributed by atoms with E-state index in [0.29, 0.717) is 11.6 Å². The highest BCUT2D eigenvalue weighted by Gasteiger charge is 2.19. The summed E-state index contributed by atoms with van der Waals surface area (Å²) in [7, 11) is 0. The van der Waals surface area contributed by atoms with Crippen molar-refractivity contribution in [1.82, 2.24) is 0 Å². The van der Waals surface area contributed by atoms with Gasteiger partial charge in [-0.05, 0) is 41.7 Å². The predicted octanol–water partition coefficient (Wildman–Crippen LogP) is 4.22. The van der Waals surface area contributed by atoms with Gasteiger partial charge < -0.3 is 10.2 Å². The summed E-state index contributed by atoms with van der Waals surface area (Å²) in [5.74, 6) is 0.0544. The van der Waals surface area contributed by atoms with Crippen LogP contribution in [0.15, 0.2) is 60.3 Å². The van der Waals surface area contributed by atoms with E-state index in [2.05, 4.69) is 25.2 Å². The molecule has 1 aliphatic heterocycles. The Morgan fingerprint density at radius 2 is 1.92 bits per heavy atom. The van der Waals surface area contributed by atoms with Crippen molar-refractivity contribution in [2.24, 2.45) is 0 Å². The average molecular weight is 331 g/mol. The number of nitrogens with one attached hydrogen (secondary N) is 1. The molecule has 0 unspecified atom stereocenters. The molecule has 0 bridgehead atoms. The van der Waals surface area contributed by atoms with Crippen LogP contribution in [0.25, 0.3) is 0 Å². The number of carbonyl (C=O) groups excluding carboxylic acids is 1. The summed E-state index contributed by atoms with van der Waals surface area (Å²) in [5.41, 5.74) is 4.30. The Hall–Kier alpha value is -3.06. The van der Waals surface area contributed by atoms with Crippen molar-refractivity contribution in [3.05, 3.63) is 71.4 Å². The zero-order valence-electron chi connectivity index (χ0n) is 14.5. The van der Waals surface area contributed by atoms with Crippen LogP contribution in [0.4, 0.5) is 11.4 Å². The summed E-state index contributed by atoms with van der Waals surface area (Å²) < 4.78 is 0. The van der Waals surface area contributed by atoms with Gasteiger partial charge in [0.05, 0.1) is 0 Å². The number of nitrogens with zero attached hydrogens (tertiary/aromatic N) is 2. The van der Waals surface area contributed by atoms with Crippen LogP contribution in [0.3, 0.4) is 0 Å². The van der Waals surface area contributed by atoms with E-state index in [9.17, 15) is 10.1 Å². The van der Waals surface area contributed by atoms with Gasteiger partial charge in [-0.15, -0.1) is 0 Å². The largest absolute Gasteiger partial charge is 0.346 e. The van der Waals surface area contributed by atoms with Gasteiger partial charge in [-0.2, -0.15) is 5.26 Å². The molecule has 0 radical (unpaired) electrons. The van der Waals surface area contributed by atoms with Crippen LogP contribution < -0.4 is 10.2 Å². The Kier molecular flexibility index (Phi) is 4.85. The van der Waals surface area contributed by atoms with Crippen molar-refractivity contribution >= 4 is 17.3 Å². The molecule has 4 nitrogen and oxygen atoms in total. The molecule has 1 amide bonds. The minimum absolute atomic E-state index is 0.102. The molecule has 0 fully saturated rings. The lowest BCUT2D eigenvalue weighted by Gasteiger charge is -2.15. The lowest BCUT2D eigenvalue weighted by molar-refractivity contribution is -0.112. The highest BCUT2D eigenvalue weighted by molar-refractivity contribution is 6.06. The van der Waals surface area contributed by atoms with Crippen molar-refractivity contribution in [3.63, 3.8) is 0 Å². The quantitative estimate of drug-likeness (QED) is 0.674. The number of hydrogen-bond donors (Lipinski definition) is 1. The Bertz CT molecular complexity index is 844. The molecule has 2 aromatic carbocycles. The van der Waals surface area contributed by atoms with Gasteiger partial charge >= 0.3 is 0 Å². The van der Waals surface area contributed by atoms with Crippen molar-refractivity contribution in [1.29, 1.82) is 5.26 Å². The van der Waals surface area contributed by atoms with Crippen LogP contribution >= 0.6 is 0 Å². The molecule has 0 spiro atoms. The Morgan fingerprint density at radius 1 is 1.20 bits per heavy atom. The molecule has 3 rings (SSSR count). The summed E-state index contributed by atoms with van der Waals surface area (Å²) >= 11 is 0. The molecule has 2 aromatic rings. The van der Waals surface area contributed by atoms with E-state index in [1.807, 2.05) is 53.4 Å². The summed E-state index contributed by atoms with van der Waals surface area (Å²) in [6.45, 7) is 5.02. The molecular formula is C21H21N3O. The number of anilines is 2. The van der Waals surface area contributed by atoms with Crippen molar-refractivity contribution in [2.75, 3.05) is 16.8 Å². The Morgan fingerprint density at radius 3 is 2.60 bits per heavy atom. The number of nitriles is 1. The number of para-hydroxylation sites is 1. The van der Waals surface area contributed by atoms with Crippen molar-refractivity contribution in [3.8, 4) is 6.07 Å². The number of rotatable bonds is 4. The Balaban J connectivity index is 1.75. The third-order valence-electron chi connectivity index (χ3n) is 4.41. The highest BCUT2D eigenvalue weighted by atomic mass is 16.1. The minimum Gasteiger partial charge on any atom is -0.346 e. The third-order valence-corrected chi connectivity index (χ3v) is 4.41. The van der Waals surface area contributed by atoms with Crippen LogP contribution in [0.2, 0.25) is 0 Å². The van der Waals surface area contributed by atoms with E-state index < -0.39 is 0 Å². The van der Waals surface area contributed by atoms with E-state index >= 15 is 0 Å². The lowest BCUT2D eigenvalue weighted by atomic mass is 10.0. The average Bonchev–Trinajstić information content (AvgIpc) is 3.03. The molecule has 0 atom stereocenters. The van der Waals surface area contributed by atoms with Gasteiger partial charge in [-0.25, -0.2) is 0 Å². The van der Waals surface area contributed by atoms with Gasteiger partial charge in [-0.3, -0.25) is 4.79 Å². The van der Waals surface area contributed by atoms with E-state index in [-0.39, 0.29) is 11.5 Å². The predicted molar refractivity (Wildman–Crippen MR) is 100 cm³/mol. The topological polar surface area (TPSA) is 56.1 Å². The molecule has 0 aromatic heterocycles. The molecular weight excluding hydrogens is 310 g/mol. The fraction of sp³-hybridized carbons (Fsp3) is 0.238. The highest BCUT2D eigenvalue weighted by Crippen LogP contribution is 2.28. The SMILES string of the molecule is CC(C)c1ccc(NC(=O)/C(C#N)=C\N2CCc3ccccc32)cc1. The monoisotopic (exact) mass is 331 g/mol. The second-order valence-electron chi connectivity index (χ2n) is 6.46.